The van der Waals surface area contributed by atoms with Gasteiger partial charge in [-0.1, -0.05) is 42.8 Å². The summed E-state index contributed by atoms with van der Waals surface area (Å²) >= 11 is 5.86. The summed E-state index contributed by atoms with van der Waals surface area (Å²) in [6.45, 7) is 1.75. The molecule has 2 atom stereocenters. The summed E-state index contributed by atoms with van der Waals surface area (Å²) in [5.74, 6) is -1.10. The van der Waals surface area contributed by atoms with Crippen molar-refractivity contribution in [2.45, 2.75) is 38.1 Å². The summed E-state index contributed by atoms with van der Waals surface area (Å²) in [6.07, 6.45) is 6.58. The van der Waals surface area contributed by atoms with Crippen LogP contribution in [-0.4, -0.2) is 17.0 Å². The van der Waals surface area contributed by atoms with E-state index in [1.165, 1.54) is 0 Å². The highest BCUT2D eigenvalue weighted by atomic mass is 35.5. The molecule has 2 N–H and O–H groups in total. The summed E-state index contributed by atoms with van der Waals surface area (Å²) in [5, 5.41) is 13.0. The Balaban J connectivity index is 2.21. The minimum Gasteiger partial charge on any atom is -0.479 e. The molecule has 2 rings (SSSR count). The largest absolute Gasteiger partial charge is 0.479 e. The number of aliphatic carboxylic acids is 1. The van der Waals surface area contributed by atoms with Gasteiger partial charge in [0.2, 0.25) is 5.91 Å². The van der Waals surface area contributed by atoms with Gasteiger partial charge >= 0.3 is 5.97 Å². The van der Waals surface area contributed by atoms with E-state index in [2.05, 4.69) is 11.4 Å². The number of benzene rings is 1. The zero-order chi connectivity index (χ0) is 16.2. The average Bonchev–Trinajstić information content (AvgIpc) is 2.98. The van der Waals surface area contributed by atoms with Crippen LogP contribution in [0, 0.1) is 5.92 Å². The van der Waals surface area contributed by atoms with Crippen molar-refractivity contribution in [3.8, 4) is 0 Å². The quantitative estimate of drug-likeness (QED) is 0.788. The van der Waals surface area contributed by atoms with Gasteiger partial charge in [-0.3, -0.25) is 4.79 Å². The number of carbonyl (C=O) groups excluding carboxylic acids is 1. The monoisotopic (exact) mass is 321 g/mol. The summed E-state index contributed by atoms with van der Waals surface area (Å²) in [6, 6.07) is 6.57. The second-order valence-corrected chi connectivity index (χ2v) is 6.03. The smallest absolute Gasteiger partial charge is 0.334 e. The predicted octanol–water partition coefficient (Wildman–Crippen LogP) is 3.50. The van der Waals surface area contributed by atoms with Gasteiger partial charge in [0, 0.05) is 11.4 Å². The van der Waals surface area contributed by atoms with E-state index in [-0.39, 0.29) is 18.2 Å². The number of halogens is 1. The molecule has 2 unspecified atom stereocenters. The lowest BCUT2D eigenvalue weighted by atomic mass is 9.86. The number of amides is 1. The SMILES string of the molecule is CCC(NC(=O)CC1C=CCC1)(C(=O)O)c1ccc(Cl)cc1. The molecule has 1 aliphatic rings. The number of carboxylic acids is 1. The molecule has 1 aromatic rings. The zero-order valence-corrected chi connectivity index (χ0v) is 13.3. The first-order chi connectivity index (χ1) is 10.5. The van der Waals surface area contributed by atoms with Gasteiger partial charge in [-0.2, -0.15) is 0 Å². The third-order valence-electron chi connectivity index (χ3n) is 4.15. The second kappa shape index (κ2) is 6.97. The first-order valence-electron chi connectivity index (χ1n) is 7.45. The Morgan fingerprint density at radius 3 is 2.55 bits per heavy atom. The molecule has 0 heterocycles. The van der Waals surface area contributed by atoms with Gasteiger partial charge < -0.3 is 10.4 Å². The van der Waals surface area contributed by atoms with E-state index in [0.29, 0.717) is 17.0 Å². The molecular formula is C17H20ClNO3. The number of hydrogen-bond donors (Lipinski definition) is 2. The molecule has 0 saturated heterocycles. The molecule has 0 bridgehead atoms. The fraction of sp³-hybridized carbons (Fsp3) is 0.412. The van der Waals surface area contributed by atoms with E-state index in [4.69, 9.17) is 11.6 Å². The van der Waals surface area contributed by atoms with Crippen molar-refractivity contribution in [1.29, 1.82) is 0 Å². The lowest BCUT2D eigenvalue weighted by Crippen LogP contribution is -2.51. The Morgan fingerprint density at radius 2 is 2.05 bits per heavy atom. The summed E-state index contributed by atoms with van der Waals surface area (Å²) < 4.78 is 0. The minimum atomic E-state index is -1.41. The van der Waals surface area contributed by atoms with Gasteiger partial charge in [0.15, 0.2) is 5.54 Å². The Labute approximate surface area is 135 Å². The maximum atomic E-state index is 12.3. The zero-order valence-electron chi connectivity index (χ0n) is 12.5. The van der Waals surface area contributed by atoms with Crippen molar-refractivity contribution >= 4 is 23.5 Å². The van der Waals surface area contributed by atoms with Crippen LogP contribution in [0.4, 0.5) is 0 Å². The van der Waals surface area contributed by atoms with Crippen LogP contribution >= 0.6 is 11.6 Å². The maximum absolute atomic E-state index is 12.3. The molecule has 1 aliphatic carbocycles. The number of allylic oxidation sites excluding steroid dienone is 2. The lowest BCUT2D eigenvalue weighted by Gasteiger charge is -2.30. The molecule has 0 saturated carbocycles. The number of rotatable bonds is 6. The highest BCUT2D eigenvalue weighted by Gasteiger charge is 2.40. The van der Waals surface area contributed by atoms with Crippen LogP contribution < -0.4 is 5.32 Å². The van der Waals surface area contributed by atoms with Crippen molar-refractivity contribution in [2.24, 2.45) is 5.92 Å². The van der Waals surface area contributed by atoms with Gasteiger partial charge in [-0.25, -0.2) is 4.79 Å². The summed E-state index contributed by atoms with van der Waals surface area (Å²) in [5.41, 5.74) is -0.883. The highest BCUT2D eigenvalue weighted by Crippen LogP contribution is 2.28. The van der Waals surface area contributed by atoms with Crippen molar-refractivity contribution in [3.05, 3.63) is 47.0 Å². The fourth-order valence-corrected chi connectivity index (χ4v) is 2.95. The molecule has 0 fully saturated rings. The van der Waals surface area contributed by atoms with Crippen LogP contribution in [0.1, 0.15) is 38.2 Å². The van der Waals surface area contributed by atoms with E-state index < -0.39 is 11.5 Å². The Bertz CT molecular complexity index is 582. The van der Waals surface area contributed by atoms with E-state index in [1.54, 1.807) is 31.2 Å². The molecule has 4 nitrogen and oxygen atoms in total. The number of carboxylic acid groups (broad SMARTS) is 1. The van der Waals surface area contributed by atoms with E-state index in [0.717, 1.165) is 12.8 Å². The summed E-state index contributed by atoms with van der Waals surface area (Å²) in [4.78, 5) is 24.1. The molecular weight excluding hydrogens is 302 g/mol. The third kappa shape index (κ3) is 3.50. The Kier molecular flexibility index (Phi) is 5.24. The molecule has 0 spiro atoms. The molecule has 0 aliphatic heterocycles. The topological polar surface area (TPSA) is 66.4 Å². The van der Waals surface area contributed by atoms with Crippen LogP contribution in [0.2, 0.25) is 5.02 Å². The van der Waals surface area contributed by atoms with Crippen LogP contribution in [0.3, 0.4) is 0 Å². The minimum absolute atomic E-state index is 0.202. The first-order valence-corrected chi connectivity index (χ1v) is 7.83. The van der Waals surface area contributed by atoms with Crippen LogP contribution in [0.15, 0.2) is 36.4 Å². The summed E-state index contributed by atoms with van der Waals surface area (Å²) in [7, 11) is 0. The molecule has 1 amide bonds. The van der Waals surface area contributed by atoms with Crippen LogP contribution in [-0.2, 0) is 15.1 Å². The van der Waals surface area contributed by atoms with Gasteiger partial charge in [-0.15, -0.1) is 0 Å². The first kappa shape index (κ1) is 16.6. The number of nitrogens with one attached hydrogen (secondary N) is 1. The fourth-order valence-electron chi connectivity index (χ4n) is 2.82. The molecule has 1 aromatic carbocycles. The Morgan fingerprint density at radius 1 is 1.36 bits per heavy atom. The van der Waals surface area contributed by atoms with Gasteiger partial charge in [0.05, 0.1) is 0 Å². The lowest BCUT2D eigenvalue weighted by molar-refractivity contribution is -0.148. The second-order valence-electron chi connectivity index (χ2n) is 5.59. The standard InChI is InChI=1S/C17H20ClNO3/c1-2-17(16(21)22,13-7-9-14(18)10-8-13)19-15(20)11-12-5-3-4-6-12/h3,5,7-10,12H,2,4,6,11H2,1H3,(H,19,20)(H,21,22). The van der Waals surface area contributed by atoms with Crippen molar-refractivity contribution in [2.75, 3.05) is 0 Å². The van der Waals surface area contributed by atoms with Gasteiger partial charge in [-0.05, 0) is 42.9 Å². The third-order valence-corrected chi connectivity index (χ3v) is 4.40. The van der Waals surface area contributed by atoms with E-state index in [1.807, 2.05) is 6.08 Å². The molecule has 0 aromatic heterocycles. The molecule has 22 heavy (non-hydrogen) atoms. The Hall–Kier alpha value is -1.81. The maximum Gasteiger partial charge on any atom is 0.334 e. The van der Waals surface area contributed by atoms with Crippen LogP contribution in [0.25, 0.3) is 0 Å². The molecule has 0 radical (unpaired) electrons. The number of hydrogen-bond acceptors (Lipinski definition) is 2. The van der Waals surface area contributed by atoms with Gasteiger partial charge in [0.25, 0.3) is 0 Å². The van der Waals surface area contributed by atoms with Crippen LogP contribution in [0.5, 0.6) is 0 Å². The van der Waals surface area contributed by atoms with Gasteiger partial charge in [0.1, 0.15) is 0 Å². The predicted molar refractivity (Wildman–Crippen MR) is 85.7 cm³/mol. The molecule has 118 valence electrons. The normalized spacial score (nSPS) is 19.6. The number of carbonyl (C=O) groups is 2. The van der Waals surface area contributed by atoms with E-state index in [9.17, 15) is 14.7 Å². The van der Waals surface area contributed by atoms with E-state index >= 15 is 0 Å². The highest BCUT2D eigenvalue weighted by molar-refractivity contribution is 6.30. The van der Waals surface area contributed by atoms with Crippen molar-refractivity contribution < 1.29 is 14.7 Å². The van der Waals surface area contributed by atoms with Crippen molar-refractivity contribution in [1.82, 2.24) is 5.32 Å². The molecule has 5 heteroatoms. The van der Waals surface area contributed by atoms with Crippen molar-refractivity contribution in [3.63, 3.8) is 0 Å². The average molecular weight is 322 g/mol.